The molecule has 2 aliphatic heterocycles. The van der Waals surface area contributed by atoms with Crippen LogP contribution in [0, 0.1) is 0 Å². The summed E-state index contributed by atoms with van der Waals surface area (Å²) in [6.45, 7) is 4.27. The van der Waals surface area contributed by atoms with Gasteiger partial charge in [-0.3, -0.25) is 9.69 Å². The van der Waals surface area contributed by atoms with Crippen LogP contribution in [0.15, 0.2) is 54.7 Å². The molecule has 5 rings (SSSR count). The fourth-order valence-electron chi connectivity index (χ4n) is 5.19. The zero-order valence-corrected chi connectivity index (χ0v) is 21.5. The first-order valence-electron chi connectivity index (χ1n) is 12.9. The molecule has 2 aromatic carbocycles. The summed E-state index contributed by atoms with van der Waals surface area (Å²) >= 11 is 0. The Balaban J connectivity index is 1.55. The van der Waals surface area contributed by atoms with E-state index in [2.05, 4.69) is 20.3 Å². The van der Waals surface area contributed by atoms with Crippen LogP contribution in [-0.4, -0.2) is 72.3 Å². The number of amides is 2. The molecule has 0 unspecified atom stereocenters. The predicted molar refractivity (Wildman–Crippen MR) is 140 cm³/mol. The normalized spacial score (nSPS) is 17.7. The van der Waals surface area contributed by atoms with Crippen LogP contribution in [0.3, 0.4) is 0 Å². The highest BCUT2D eigenvalue weighted by atomic mass is 19.4. The SMILES string of the molecule is O=C(O)NCC[C@H]1CNC(=O)c2c(-c3ccc(CN4CCOCC4)cc3)c(-c3cccc(OC(F)(F)F)c3)cn21. The molecule has 3 N–H and O–H groups in total. The average molecular weight is 559 g/mol. The summed E-state index contributed by atoms with van der Waals surface area (Å²) in [7, 11) is 0. The van der Waals surface area contributed by atoms with Crippen LogP contribution in [0.4, 0.5) is 18.0 Å². The third-order valence-corrected chi connectivity index (χ3v) is 7.02. The van der Waals surface area contributed by atoms with Gasteiger partial charge in [-0.05, 0) is 35.2 Å². The largest absolute Gasteiger partial charge is 0.573 e. The van der Waals surface area contributed by atoms with Gasteiger partial charge in [0.15, 0.2) is 0 Å². The molecule has 3 aromatic rings. The van der Waals surface area contributed by atoms with E-state index in [9.17, 15) is 22.8 Å². The van der Waals surface area contributed by atoms with E-state index in [-0.39, 0.29) is 30.8 Å². The summed E-state index contributed by atoms with van der Waals surface area (Å²) in [4.78, 5) is 26.5. The maximum atomic E-state index is 13.2. The van der Waals surface area contributed by atoms with Crippen molar-refractivity contribution in [1.29, 1.82) is 0 Å². The van der Waals surface area contributed by atoms with Crippen molar-refractivity contribution in [2.45, 2.75) is 25.4 Å². The molecule has 0 spiro atoms. The Morgan fingerprint density at radius 1 is 1.12 bits per heavy atom. The number of nitrogens with zero attached hydrogens (tertiary/aromatic N) is 2. The van der Waals surface area contributed by atoms with Crippen molar-refractivity contribution in [1.82, 2.24) is 20.1 Å². The number of hydrogen-bond donors (Lipinski definition) is 3. The molecule has 1 atom stereocenters. The number of hydrogen-bond acceptors (Lipinski definition) is 5. The second-order valence-corrected chi connectivity index (χ2v) is 9.72. The minimum absolute atomic E-state index is 0.170. The van der Waals surface area contributed by atoms with Gasteiger partial charge in [-0.25, -0.2) is 4.79 Å². The first-order valence-corrected chi connectivity index (χ1v) is 12.9. The molecule has 12 heteroatoms. The molecule has 3 heterocycles. The quantitative estimate of drug-likeness (QED) is 0.376. The second-order valence-electron chi connectivity index (χ2n) is 9.72. The Bertz CT molecular complexity index is 1370. The summed E-state index contributed by atoms with van der Waals surface area (Å²) in [5, 5.41) is 14.2. The summed E-state index contributed by atoms with van der Waals surface area (Å²) in [6.07, 6.45) is -3.83. The molecule has 0 saturated carbocycles. The van der Waals surface area contributed by atoms with E-state index in [0.29, 0.717) is 42.0 Å². The van der Waals surface area contributed by atoms with Crippen LogP contribution in [-0.2, 0) is 11.3 Å². The van der Waals surface area contributed by atoms with Gasteiger partial charge >= 0.3 is 12.5 Å². The number of alkyl halides is 3. The Morgan fingerprint density at radius 2 is 1.88 bits per heavy atom. The number of carbonyl (C=O) groups excluding carboxylic acids is 1. The van der Waals surface area contributed by atoms with Crippen molar-refractivity contribution in [2.75, 3.05) is 39.4 Å². The smallest absolute Gasteiger partial charge is 0.465 e. The van der Waals surface area contributed by atoms with Crippen molar-refractivity contribution in [3.63, 3.8) is 0 Å². The number of aromatic nitrogens is 1. The Hall–Kier alpha value is -4.03. The van der Waals surface area contributed by atoms with Crippen molar-refractivity contribution in [3.05, 3.63) is 66.0 Å². The Labute approximate surface area is 228 Å². The van der Waals surface area contributed by atoms with Crippen LogP contribution in [0.5, 0.6) is 5.75 Å². The van der Waals surface area contributed by atoms with E-state index < -0.39 is 12.5 Å². The van der Waals surface area contributed by atoms with Gasteiger partial charge in [-0.2, -0.15) is 0 Å². The zero-order chi connectivity index (χ0) is 28.3. The summed E-state index contributed by atoms with van der Waals surface area (Å²) in [6, 6.07) is 13.2. The van der Waals surface area contributed by atoms with Crippen LogP contribution in [0.1, 0.15) is 28.5 Å². The van der Waals surface area contributed by atoms with E-state index in [1.807, 2.05) is 24.3 Å². The number of fused-ring (bicyclic) bond motifs is 1. The molecule has 0 bridgehead atoms. The highest BCUT2D eigenvalue weighted by molar-refractivity contribution is 6.05. The van der Waals surface area contributed by atoms with E-state index >= 15 is 0 Å². The maximum absolute atomic E-state index is 13.2. The second kappa shape index (κ2) is 11.6. The van der Waals surface area contributed by atoms with Crippen LogP contribution < -0.4 is 15.4 Å². The van der Waals surface area contributed by atoms with Gasteiger partial charge in [0.1, 0.15) is 11.4 Å². The molecule has 1 aromatic heterocycles. The van der Waals surface area contributed by atoms with Gasteiger partial charge in [-0.15, -0.1) is 13.2 Å². The fourth-order valence-corrected chi connectivity index (χ4v) is 5.19. The third-order valence-electron chi connectivity index (χ3n) is 7.02. The van der Waals surface area contributed by atoms with Gasteiger partial charge in [0.25, 0.3) is 5.91 Å². The van der Waals surface area contributed by atoms with Crippen molar-refractivity contribution >= 4 is 12.0 Å². The lowest BCUT2D eigenvalue weighted by atomic mass is 9.95. The summed E-state index contributed by atoms with van der Waals surface area (Å²) < 4.78 is 50.2. The van der Waals surface area contributed by atoms with Gasteiger partial charge in [-0.1, -0.05) is 36.4 Å². The first kappa shape index (κ1) is 27.5. The number of ether oxygens (including phenoxy) is 2. The number of nitrogens with one attached hydrogen (secondary N) is 2. The lowest BCUT2D eigenvalue weighted by molar-refractivity contribution is -0.274. The van der Waals surface area contributed by atoms with Crippen molar-refractivity contribution in [2.24, 2.45) is 0 Å². The molecule has 212 valence electrons. The lowest BCUT2D eigenvalue weighted by Crippen LogP contribution is -2.40. The van der Waals surface area contributed by atoms with Gasteiger partial charge in [0, 0.05) is 50.0 Å². The molecule has 1 saturated heterocycles. The van der Waals surface area contributed by atoms with Gasteiger partial charge < -0.3 is 29.8 Å². The molecule has 0 radical (unpaired) electrons. The number of morpholine rings is 1. The Kier molecular flexibility index (Phi) is 7.99. The molecule has 1 fully saturated rings. The number of carbonyl (C=O) groups is 2. The number of rotatable bonds is 8. The highest BCUT2D eigenvalue weighted by Crippen LogP contribution is 2.41. The van der Waals surface area contributed by atoms with Crippen LogP contribution in [0.2, 0.25) is 0 Å². The van der Waals surface area contributed by atoms with E-state index in [1.165, 1.54) is 18.2 Å². The number of halogens is 3. The first-order chi connectivity index (χ1) is 19.2. The minimum Gasteiger partial charge on any atom is -0.465 e. The number of benzene rings is 2. The number of carboxylic acid groups (broad SMARTS) is 1. The Morgan fingerprint density at radius 3 is 2.58 bits per heavy atom. The molecular weight excluding hydrogens is 529 g/mol. The molecule has 2 aliphatic rings. The van der Waals surface area contributed by atoms with Crippen molar-refractivity contribution < 1.29 is 37.3 Å². The molecule has 9 nitrogen and oxygen atoms in total. The lowest BCUT2D eigenvalue weighted by Gasteiger charge is -2.27. The summed E-state index contributed by atoms with van der Waals surface area (Å²) in [5.41, 5.74) is 3.78. The predicted octanol–water partition coefficient (Wildman–Crippen LogP) is 4.50. The van der Waals surface area contributed by atoms with Crippen LogP contribution >= 0.6 is 0 Å². The van der Waals surface area contributed by atoms with E-state index in [4.69, 9.17) is 9.84 Å². The van der Waals surface area contributed by atoms with E-state index in [0.717, 1.165) is 30.8 Å². The molecule has 0 aliphatic carbocycles. The fraction of sp³-hybridized carbons (Fsp3) is 0.357. The maximum Gasteiger partial charge on any atom is 0.573 e. The highest BCUT2D eigenvalue weighted by Gasteiger charge is 2.33. The molecule has 2 amide bonds. The van der Waals surface area contributed by atoms with Crippen LogP contribution in [0.25, 0.3) is 22.3 Å². The zero-order valence-electron chi connectivity index (χ0n) is 21.5. The van der Waals surface area contributed by atoms with E-state index in [1.54, 1.807) is 16.8 Å². The monoisotopic (exact) mass is 558 g/mol. The third kappa shape index (κ3) is 6.40. The topological polar surface area (TPSA) is 105 Å². The van der Waals surface area contributed by atoms with Gasteiger partial charge in [0.05, 0.1) is 19.3 Å². The summed E-state index contributed by atoms with van der Waals surface area (Å²) in [5.74, 6) is -0.684. The average Bonchev–Trinajstić information content (AvgIpc) is 3.32. The molecule has 40 heavy (non-hydrogen) atoms. The van der Waals surface area contributed by atoms with Crippen molar-refractivity contribution in [3.8, 4) is 28.0 Å². The van der Waals surface area contributed by atoms with Gasteiger partial charge in [0.2, 0.25) is 0 Å². The standard InChI is InChI=1S/C28H29F3N4O5/c29-28(30,31)40-22-3-1-2-20(14-22)23-17-35-21(8-9-32-27(37)38)15-33-26(36)25(35)24(23)19-6-4-18(5-7-19)16-34-10-12-39-13-11-34/h1-7,14,17,21,32H,8-13,15-16H2,(H,33,36)(H,37,38)/t21-/m0/s1. The molecular formula is C28H29F3N4O5. The minimum atomic E-state index is -4.85.